The minimum Gasteiger partial charge on any atom is -0.619 e. The molecular weight excluding hydrogens is 156 g/mol. The summed E-state index contributed by atoms with van der Waals surface area (Å²) in [5.74, 6) is 0. The van der Waals surface area contributed by atoms with E-state index in [0.29, 0.717) is 10.4 Å². The number of hydrogen-bond donors (Lipinski definition) is 0. The maximum atomic E-state index is 10.7. The molecule has 1 heterocycles. The Morgan fingerprint density at radius 2 is 2.25 bits per heavy atom. The molecule has 1 aromatic rings. The van der Waals surface area contributed by atoms with Crippen LogP contribution < -0.4 is 4.73 Å². The third-order valence-corrected chi connectivity index (χ3v) is 1.10. The van der Waals surface area contributed by atoms with E-state index in [1.807, 2.05) is 0 Å². The smallest absolute Gasteiger partial charge is 0.207 e. The van der Waals surface area contributed by atoms with Gasteiger partial charge in [0.2, 0.25) is 6.20 Å². The van der Waals surface area contributed by atoms with Crippen LogP contribution in [0.3, 0.4) is 0 Å². The number of hydrogen-bond acceptors (Lipinski definition) is 3. The summed E-state index contributed by atoms with van der Waals surface area (Å²) >= 11 is 0. The van der Waals surface area contributed by atoms with Gasteiger partial charge >= 0.3 is 0 Å². The SMILES string of the molecule is CN(C)N=Nc1ccc[n+]([O-])c1. The molecule has 0 aliphatic heterocycles. The Bertz CT molecular complexity index is 284. The lowest BCUT2D eigenvalue weighted by Gasteiger charge is -1.99. The van der Waals surface area contributed by atoms with Gasteiger partial charge in [0.1, 0.15) is 0 Å². The molecule has 0 amide bonds. The quantitative estimate of drug-likeness (QED) is 0.283. The van der Waals surface area contributed by atoms with Crippen LogP contribution in [0.15, 0.2) is 34.9 Å². The molecule has 0 aliphatic carbocycles. The van der Waals surface area contributed by atoms with Crippen molar-refractivity contribution in [3.05, 3.63) is 29.7 Å². The van der Waals surface area contributed by atoms with Gasteiger partial charge in [0.05, 0.1) is 0 Å². The molecule has 12 heavy (non-hydrogen) atoms. The number of nitrogens with zero attached hydrogens (tertiary/aromatic N) is 4. The third-order valence-electron chi connectivity index (χ3n) is 1.10. The van der Waals surface area contributed by atoms with Gasteiger partial charge in [-0.3, -0.25) is 5.01 Å². The van der Waals surface area contributed by atoms with Gasteiger partial charge in [0.25, 0.3) is 0 Å². The molecule has 5 nitrogen and oxygen atoms in total. The van der Waals surface area contributed by atoms with E-state index < -0.39 is 0 Å². The van der Waals surface area contributed by atoms with Crippen LogP contribution in [0.4, 0.5) is 5.69 Å². The fourth-order valence-electron chi connectivity index (χ4n) is 0.643. The molecule has 0 saturated carbocycles. The topological polar surface area (TPSA) is 54.9 Å². The molecule has 0 atom stereocenters. The Labute approximate surface area is 70.5 Å². The highest BCUT2D eigenvalue weighted by molar-refractivity contribution is 5.28. The normalized spacial score (nSPS) is 10.5. The van der Waals surface area contributed by atoms with Crippen LogP contribution >= 0.6 is 0 Å². The zero-order valence-corrected chi connectivity index (χ0v) is 7.01. The molecule has 5 heteroatoms. The van der Waals surface area contributed by atoms with Crippen molar-refractivity contribution in [3.63, 3.8) is 0 Å². The highest BCUT2D eigenvalue weighted by Crippen LogP contribution is 2.06. The van der Waals surface area contributed by atoms with Crippen molar-refractivity contribution in [2.75, 3.05) is 14.1 Å². The predicted octanol–water partition coefficient (Wildman–Crippen LogP) is 0.880. The lowest BCUT2D eigenvalue weighted by atomic mass is 10.4. The largest absolute Gasteiger partial charge is 0.619 e. The van der Waals surface area contributed by atoms with Crippen molar-refractivity contribution in [3.8, 4) is 0 Å². The van der Waals surface area contributed by atoms with E-state index in [1.165, 1.54) is 12.4 Å². The van der Waals surface area contributed by atoms with Crippen molar-refractivity contribution in [1.29, 1.82) is 0 Å². The van der Waals surface area contributed by atoms with Crippen LogP contribution in [0, 0.1) is 5.21 Å². The summed E-state index contributed by atoms with van der Waals surface area (Å²) in [7, 11) is 3.52. The second-order valence-corrected chi connectivity index (χ2v) is 2.46. The van der Waals surface area contributed by atoms with Crippen molar-refractivity contribution < 1.29 is 4.73 Å². The van der Waals surface area contributed by atoms with Gasteiger partial charge in [-0.05, 0) is 6.07 Å². The molecule has 0 N–H and O–H groups in total. The van der Waals surface area contributed by atoms with Crippen molar-refractivity contribution in [2.24, 2.45) is 10.3 Å². The average Bonchev–Trinajstić information content (AvgIpc) is 2.01. The summed E-state index contributed by atoms with van der Waals surface area (Å²) in [5, 5.41) is 19.8. The third kappa shape index (κ3) is 2.53. The van der Waals surface area contributed by atoms with Crippen LogP contribution in [0.1, 0.15) is 0 Å². The first kappa shape index (κ1) is 8.45. The average molecular weight is 166 g/mol. The Morgan fingerprint density at radius 1 is 1.50 bits per heavy atom. The number of rotatable bonds is 2. The van der Waals surface area contributed by atoms with Crippen molar-refractivity contribution >= 4 is 5.69 Å². The molecule has 0 fully saturated rings. The van der Waals surface area contributed by atoms with E-state index in [1.54, 1.807) is 31.2 Å². The molecule has 1 aromatic heterocycles. The van der Waals surface area contributed by atoms with E-state index in [-0.39, 0.29) is 0 Å². The maximum absolute atomic E-state index is 10.7. The summed E-state index contributed by atoms with van der Waals surface area (Å²) in [4.78, 5) is 0. The first-order chi connectivity index (χ1) is 5.68. The Morgan fingerprint density at radius 3 is 2.83 bits per heavy atom. The number of pyridine rings is 1. The molecule has 1 rings (SSSR count). The highest BCUT2D eigenvalue weighted by Gasteiger charge is 1.93. The lowest BCUT2D eigenvalue weighted by molar-refractivity contribution is -0.604. The zero-order valence-electron chi connectivity index (χ0n) is 7.01. The maximum Gasteiger partial charge on any atom is 0.207 e. The van der Waals surface area contributed by atoms with E-state index in [0.717, 1.165) is 0 Å². The highest BCUT2D eigenvalue weighted by atomic mass is 16.5. The standard InChI is InChI=1S/C7H10N4O/c1-10(2)9-8-7-4-3-5-11(12)6-7/h3-6H,1-2H3. The monoisotopic (exact) mass is 166 g/mol. The summed E-state index contributed by atoms with van der Waals surface area (Å²) in [6.45, 7) is 0. The van der Waals surface area contributed by atoms with Crippen LogP contribution in [-0.4, -0.2) is 19.1 Å². The second-order valence-electron chi connectivity index (χ2n) is 2.46. The Kier molecular flexibility index (Phi) is 2.57. The van der Waals surface area contributed by atoms with Crippen molar-refractivity contribution in [2.45, 2.75) is 0 Å². The lowest BCUT2D eigenvalue weighted by Crippen LogP contribution is -2.23. The van der Waals surface area contributed by atoms with E-state index in [9.17, 15) is 5.21 Å². The molecular formula is C7H10N4O. The van der Waals surface area contributed by atoms with E-state index in [4.69, 9.17) is 0 Å². The van der Waals surface area contributed by atoms with Gasteiger partial charge in [-0.25, -0.2) is 0 Å². The van der Waals surface area contributed by atoms with Crippen LogP contribution in [-0.2, 0) is 0 Å². The molecule has 0 unspecified atom stereocenters. The summed E-state index contributed by atoms with van der Waals surface area (Å²) < 4.78 is 0.685. The van der Waals surface area contributed by atoms with Gasteiger partial charge in [0, 0.05) is 20.2 Å². The fourth-order valence-corrected chi connectivity index (χ4v) is 0.643. The Balaban J connectivity index is 2.76. The van der Waals surface area contributed by atoms with Crippen molar-refractivity contribution in [1.82, 2.24) is 5.01 Å². The first-order valence-electron chi connectivity index (χ1n) is 3.46. The van der Waals surface area contributed by atoms with Crippen LogP contribution in [0.25, 0.3) is 0 Å². The van der Waals surface area contributed by atoms with Crippen LogP contribution in [0.2, 0.25) is 0 Å². The second kappa shape index (κ2) is 3.66. The minimum atomic E-state index is 0.543. The van der Waals surface area contributed by atoms with Gasteiger partial charge in [-0.15, -0.1) is 5.11 Å². The summed E-state index contributed by atoms with van der Waals surface area (Å²) in [6, 6.07) is 3.33. The molecule has 0 spiro atoms. The molecule has 0 radical (unpaired) electrons. The molecule has 0 aliphatic rings. The molecule has 64 valence electrons. The summed E-state index contributed by atoms with van der Waals surface area (Å²) in [5.41, 5.74) is 0.543. The first-order valence-corrected chi connectivity index (χ1v) is 3.46. The van der Waals surface area contributed by atoms with Gasteiger partial charge in [0.15, 0.2) is 11.9 Å². The van der Waals surface area contributed by atoms with Gasteiger partial charge in [-0.2, -0.15) is 4.73 Å². The van der Waals surface area contributed by atoms with Gasteiger partial charge in [-0.1, -0.05) is 5.22 Å². The fraction of sp³-hybridized carbons (Fsp3) is 0.286. The molecule has 0 aromatic carbocycles. The predicted molar refractivity (Wildman–Crippen MR) is 43.6 cm³/mol. The van der Waals surface area contributed by atoms with Gasteiger partial charge < -0.3 is 5.21 Å². The molecule has 0 saturated heterocycles. The Hall–Kier alpha value is -1.65. The summed E-state index contributed by atoms with van der Waals surface area (Å²) in [6.07, 6.45) is 2.75. The van der Waals surface area contributed by atoms with E-state index in [2.05, 4.69) is 10.3 Å². The number of aromatic nitrogens is 1. The molecule has 0 bridgehead atoms. The zero-order chi connectivity index (χ0) is 8.97. The van der Waals surface area contributed by atoms with Crippen LogP contribution in [0.5, 0.6) is 0 Å². The van der Waals surface area contributed by atoms with E-state index >= 15 is 0 Å². The minimum absolute atomic E-state index is 0.543.